The maximum absolute atomic E-state index is 12.4. The molecule has 0 fully saturated rings. The van der Waals surface area contributed by atoms with E-state index in [1.165, 1.54) is 12.1 Å². The van der Waals surface area contributed by atoms with E-state index in [1.54, 1.807) is 13.0 Å². The Balaban J connectivity index is 2.35. The van der Waals surface area contributed by atoms with Crippen molar-refractivity contribution in [2.24, 2.45) is 0 Å². The molecule has 23 heavy (non-hydrogen) atoms. The highest BCUT2D eigenvalue weighted by Crippen LogP contribution is 2.26. The molecule has 9 heteroatoms. The van der Waals surface area contributed by atoms with E-state index in [2.05, 4.69) is 67.8 Å². The van der Waals surface area contributed by atoms with Gasteiger partial charge in [-0.1, -0.05) is 0 Å². The normalized spacial score (nSPS) is 11.3. The predicted octanol–water partition coefficient (Wildman–Crippen LogP) is 3.93. The Bertz CT molecular complexity index is 894. The number of benzene rings is 2. The van der Waals surface area contributed by atoms with Crippen LogP contribution in [0.1, 0.15) is 15.9 Å². The highest BCUT2D eigenvalue weighted by Gasteiger charge is 2.17. The molecule has 0 unspecified atom stereocenters. The van der Waals surface area contributed by atoms with Gasteiger partial charge in [0, 0.05) is 10.7 Å². The Morgan fingerprint density at radius 2 is 1.78 bits per heavy atom. The first-order valence-corrected chi connectivity index (χ1v) is 10.7. The molecule has 2 rings (SSSR count). The van der Waals surface area contributed by atoms with Gasteiger partial charge in [-0.3, -0.25) is 0 Å². The van der Waals surface area contributed by atoms with Crippen molar-refractivity contribution in [1.29, 1.82) is 0 Å². The van der Waals surface area contributed by atoms with E-state index in [0.717, 1.165) is 16.8 Å². The summed E-state index contributed by atoms with van der Waals surface area (Å²) in [6.45, 7) is 1.57. The number of carbonyl (C=O) groups is 1. The molecule has 0 bridgehead atoms. The zero-order chi connectivity index (χ0) is 17.4. The standard InChI is InChI=1S/C14H9I3O5S/c1-7-4-9(23(19,20)21)2-3-12(7)22-14(18)10-5-8(15)6-11(16)13(10)17/h2-6H,1H3,(H,19,20,21)/p-1. The van der Waals surface area contributed by atoms with Crippen LogP contribution in [-0.4, -0.2) is 18.9 Å². The lowest BCUT2D eigenvalue weighted by atomic mass is 10.2. The van der Waals surface area contributed by atoms with Crippen LogP contribution in [0, 0.1) is 17.6 Å². The largest absolute Gasteiger partial charge is 0.744 e. The summed E-state index contributed by atoms with van der Waals surface area (Å²) in [6.07, 6.45) is 0. The van der Waals surface area contributed by atoms with E-state index in [9.17, 15) is 17.8 Å². The van der Waals surface area contributed by atoms with Crippen LogP contribution in [0.4, 0.5) is 0 Å². The maximum Gasteiger partial charge on any atom is 0.344 e. The van der Waals surface area contributed by atoms with Gasteiger partial charge in [-0.15, -0.1) is 0 Å². The average molecular weight is 669 g/mol. The molecule has 0 radical (unpaired) electrons. The van der Waals surface area contributed by atoms with E-state index >= 15 is 0 Å². The fourth-order valence-corrected chi connectivity index (χ4v) is 4.68. The third-order valence-corrected chi connectivity index (χ3v) is 7.35. The number of esters is 1. The summed E-state index contributed by atoms with van der Waals surface area (Å²) in [4.78, 5) is 12.0. The fourth-order valence-electron chi connectivity index (χ4n) is 1.75. The molecule has 0 aromatic heterocycles. The van der Waals surface area contributed by atoms with Crippen molar-refractivity contribution in [3.63, 3.8) is 0 Å². The fraction of sp³-hybridized carbons (Fsp3) is 0.0714. The van der Waals surface area contributed by atoms with Crippen LogP contribution in [0.5, 0.6) is 5.75 Å². The van der Waals surface area contributed by atoms with Crippen LogP contribution < -0.4 is 4.74 Å². The van der Waals surface area contributed by atoms with Gasteiger partial charge < -0.3 is 9.29 Å². The first-order valence-electron chi connectivity index (χ1n) is 6.03. The van der Waals surface area contributed by atoms with E-state index in [4.69, 9.17) is 4.74 Å². The van der Waals surface area contributed by atoms with Crippen LogP contribution in [0.15, 0.2) is 35.2 Å². The van der Waals surface area contributed by atoms with Gasteiger partial charge in [0.2, 0.25) is 0 Å². The molecule has 0 aliphatic rings. The quantitative estimate of drug-likeness (QED) is 0.163. The first kappa shape index (κ1) is 19.3. The molecule has 0 saturated heterocycles. The number of aryl methyl sites for hydroxylation is 1. The van der Waals surface area contributed by atoms with Crippen LogP contribution >= 0.6 is 67.8 Å². The van der Waals surface area contributed by atoms with Crippen molar-refractivity contribution >= 4 is 83.9 Å². The summed E-state index contributed by atoms with van der Waals surface area (Å²) in [5.74, 6) is -0.321. The zero-order valence-electron chi connectivity index (χ0n) is 11.5. The summed E-state index contributed by atoms with van der Waals surface area (Å²) in [5.41, 5.74) is 0.826. The second-order valence-electron chi connectivity index (χ2n) is 4.52. The van der Waals surface area contributed by atoms with E-state index < -0.39 is 16.1 Å². The Kier molecular flexibility index (Phi) is 6.30. The van der Waals surface area contributed by atoms with Crippen molar-refractivity contribution < 1.29 is 22.5 Å². The van der Waals surface area contributed by atoms with Crippen molar-refractivity contribution in [2.45, 2.75) is 11.8 Å². The van der Waals surface area contributed by atoms with Crippen LogP contribution in [0.25, 0.3) is 0 Å². The van der Waals surface area contributed by atoms with Crippen molar-refractivity contribution in [2.75, 3.05) is 0 Å². The Morgan fingerprint density at radius 1 is 1.13 bits per heavy atom. The first-order chi connectivity index (χ1) is 10.6. The van der Waals surface area contributed by atoms with Gasteiger partial charge in [0.1, 0.15) is 15.9 Å². The number of carbonyl (C=O) groups excluding carboxylic acids is 1. The second-order valence-corrected chi connectivity index (χ2v) is 9.39. The summed E-state index contributed by atoms with van der Waals surface area (Å²) in [6, 6.07) is 7.29. The average Bonchev–Trinajstić information content (AvgIpc) is 2.43. The molecular formula is C14H8I3O5S-. The Hall–Kier alpha value is 0.0100. The molecule has 0 aliphatic heterocycles. The SMILES string of the molecule is Cc1cc(S(=O)(=O)[O-])ccc1OC(=O)c1cc(I)cc(I)c1I. The summed E-state index contributed by atoms with van der Waals surface area (Å²) < 4.78 is 40.9. The third-order valence-electron chi connectivity index (χ3n) is 2.85. The van der Waals surface area contributed by atoms with E-state index in [0.29, 0.717) is 11.1 Å². The molecular weight excluding hydrogens is 661 g/mol. The number of rotatable bonds is 3. The minimum Gasteiger partial charge on any atom is -0.744 e. The van der Waals surface area contributed by atoms with Gasteiger partial charge in [-0.25, -0.2) is 13.2 Å². The predicted molar refractivity (Wildman–Crippen MR) is 109 cm³/mol. The molecule has 0 aliphatic carbocycles. The number of ether oxygens (including phenoxy) is 1. The second kappa shape index (κ2) is 7.49. The monoisotopic (exact) mass is 669 g/mol. The smallest absolute Gasteiger partial charge is 0.344 e. The maximum atomic E-state index is 12.4. The molecule has 0 N–H and O–H groups in total. The lowest BCUT2D eigenvalue weighted by molar-refractivity contribution is 0.0732. The summed E-state index contributed by atoms with van der Waals surface area (Å²) >= 11 is 6.32. The topological polar surface area (TPSA) is 83.5 Å². The molecule has 122 valence electrons. The van der Waals surface area contributed by atoms with Crippen LogP contribution in [-0.2, 0) is 10.1 Å². The molecule has 0 spiro atoms. The minimum absolute atomic E-state index is 0.215. The van der Waals surface area contributed by atoms with Crippen molar-refractivity contribution in [3.05, 3.63) is 52.2 Å². The number of halogens is 3. The minimum atomic E-state index is -4.53. The molecule has 0 atom stereocenters. The molecule has 5 nitrogen and oxygen atoms in total. The van der Waals surface area contributed by atoms with Gasteiger partial charge in [0.05, 0.1) is 10.5 Å². The van der Waals surface area contributed by atoms with Crippen molar-refractivity contribution in [1.82, 2.24) is 0 Å². The molecule has 0 saturated carbocycles. The molecule has 2 aromatic carbocycles. The summed E-state index contributed by atoms with van der Waals surface area (Å²) in [5, 5.41) is 0. The Labute approximate surface area is 174 Å². The van der Waals surface area contributed by atoms with Crippen LogP contribution in [0.3, 0.4) is 0 Å². The van der Waals surface area contributed by atoms with Gasteiger partial charge in [0.25, 0.3) is 0 Å². The highest BCUT2D eigenvalue weighted by atomic mass is 127. The molecule has 2 aromatic rings. The number of hydrogen-bond acceptors (Lipinski definition) is 5. The van der Waals surface area contributed by atoms with Gasteiger partial charge in [0.15, 0.2) is 0 Å². The number of hydrogen-bond donors (Lipinski definition) is 0. The Morgan fingerprint density at radius 3 is 2.35 bits per heavy atom. The lowest BCUT2D eigenvalue weighted by Gasteiger charge is -2.12. The lowest BCUT2D eigenvalue weighted by Crippen LogP contribution is -2.12. The van der Waals surface area contributed by atoms with Crippen molar-refractivity contribution in [3.8, 4) is 5.75 Å². The zero-order valence-corrected chi connectivity index (χ0v) is 18.8. The third kappa shape index (κ3) is 4.76. The van der Waals surface area contributed by atoms with Gasteiger partial charge >= 0.3 is 5.97 Å². The van der Waals surface area contributed by atoms with Gasteiger partial charge in [-0.2, -0.15) is 0 Å². The van der Waals surface area contributed by atoms with Gasteiger partial charge in [-0.05, 0) is 111 Å². The van der Waals surface area contributed by atoms with Crippen LogP contribution in [0.2, 0.25) is 0 Å². The highest BCUT2D eigenvalue weighted by molar-refractivity contribution is 14.1. The summed E-state index contributed by atoms with van der Waals surface area (Å²) in [7, 11) is -4.53. The van der Waals surface area contributed by atoms with E-state index in [-0.39, 0.29) is 10.6 Å². The van der Waals surface area contributed by atoms with E-state index in [1.807, 2.05) is 6.07 Å². The molecule has 0 heterocycles. The molecule has 0 amide bonds.